The van der Waals surface area contributed by atoms with E-state index in [9.17, 15) is 4.79 Å². The van der Waals surface area contributed by atoms with Crippen molar-refractivity contribution in [3.05, 3.63) is 35.9 Å². The molecular formula is C13H16O3. The second-order valence-electron chi connectivity index (χ2n) is 4.17. The zero-order valence-corrected chi connectivity index (χ0v) is 9.13. The molecule has 1 aromatic rings. The molecule has 1 saturated carbocycles. The van der Waals surface area contributed by atoms with Gasteiger partial charge in [0.2, 0.25) is 0 Å². The molecular weight excluding hydrogens is 204 g/mol. The molecule has 0 heterocycles. The molecule has 3 nitrogen and oxygen atoms in total. The summed E-state index contributed by atoms with van der Waals surface area (Å²) in [5.41, 5.74) is 0.724. The summed E-state index contributed by atoms with van der Waals surface area (Å²) < 4.78 is 5.66. The van der Waals surface area contributed by atoms with Crippen molar-refractivity contribution in [3.8, 4) is 0 Å². The Hall–Kier alpha value is -1.35. The maximum atomic E-state index is 11.2. The molecule has 86 valence electrons. The Balaban J connectivity index is 2.08. The molecule has 0 amide bonds. The number of hydrogen-bond donors (Lipinski definition) is 1. The lowest BCUT2D eigenvalue weighted by Gasteiger charge is -2.18. The van der Waals surface area contributed by atoms with Gasteiger partial charge in [0.25, 0.3) is 0 Å². The van der Waals surface area contributed by atoms with E-state index < -0.39 is 12.1 Å². The predicted molar refractivity (Wildman–Crippen MR) is 60.2 cm³/mol. The molecule has 0 unspecified atom stereocenters. The molecule has 2 rings (SSSR count). The molecule has 3 heteroatoms. The second kappa shape index (κ2) is 5.12. The van der Waals surface area contributed by atoms with E-state index in [2.05, 4.69) is 0 Å². The summed E-state index contributed by atoms with van der Waals surface area (Å²) in [6.45, 7) is 0. The van der Waals surface area contributed by atoms with Crippen LogP contribution < -0.4 is 0 Å². The third kappa shape index (κ3) is 2.61. The molecule has 0 spiro atoms. The average molecular weight is 220 g/mol. The minimum absolute atomic E-state index is 0.112. The summed E-state index contributed by atoms with van der Waals surface area (Å²) in [5.74, 6) is -0.905. The van der Waals surface area contributed by atoms with Crippen LogP contribution in [0.3, 0.4) is 0 Å². The Morgan fingerprint density at radius 1 is 1.25 bits per heavy atom. The SMILES string of the molecule is O=C(O)[C@H](OC1CCCC1)c1ccccc1. The van der Waals surface area contributed by atoms with Crippen molar-refractivity contribution in [2.45, 2.75) is 37.9 Å². The van der Waals surface area contributed by atoms with Crippen molar-refractivity contribution < 1.29 is 14.6 Å². The third-order valence-electron chi connectivity index (χ3n) is 2.96. The first-order valence-electron chi connectivity index (χ1n) is 5.70. The molecule has 0 saturated heterocycles. The van der Waals surface area contributed by atoms with Gasteiger partial charge in [-0.15, -0.1) is 0 Å². The van der Waals surface area contributed by atoms with E-state index in [1.165, 1.54) is 0 Å². The fourth-order valence-corrected chi connectivity index (χ4v) is 2.12. The first-order valence-corrected chi connectivity index (χ1v) is 5.70. The lowest BCUT2D eigenvalue weighted by Crippen LogP contribution is -2.20. The van der Waals surface area contributed by atoms with Gasteiger partial charge in [-0.1, -0.05) is 43.2 Å². The second-order valence-corrected chi connectivity index (χ2v) is 4.17. The predicted octanol–water partition coefficient (Wildman–Crippen LogP) is 2.77. The fraction of sp³-hybridized carbons (Fsp3) is 0.462. The number of carboxylic acids is 1. The van der Waals surface area contributed by atoms with E-state index in [1.807, 2.05) is 18.2 Å². The van der Waals surface area contributed by atoms with Crippen LogP contribution >= 0.6 is 0 Å². The lowest BCUT2D eigenvalue weighted by atomic mass is 10.1. The zero-order valence-electron chi connectivity index (χ0n) is 9.13. The van der Waals surface area contributed by atoms with Gasteiger partial charge in [0.1, 0.15) is 0 Å². The van der Waals surface area contributed by atoms with Gasteiger partial charge in [-0.05, 0) is 18.4 Å². The minimum atomic E-state index is -0.905. The Morgan fingerprint density at radius 2 is 1.88 bits per heavy atom. The average Bonchev–Trinajstić information content (AvgIpc) is 2.79. The molecule has 0 aromatic heterocycles. The summed E-state index contributed by atoms with van der Waals surface area (Å²) in [7, 11) is 0. The Bertz CT molecular complexity index is 341. The largest absolute Gasteiger partial charge is 0.479 e. The molecule has 16 heavy (non-hydrogen) atoms. The highest BCUT2D eigenvalue weighted by molar-refractivity contribution is 5.74. The maximum absolute atomic E-state index is 11.2. The van der Waals surface area contributed by atoms with Crippen LogP contribution in [0.25, 0.3) is 0 Å². The molecule has 0 bridgehead atoms. The number of ether oxygens (including phenoxy) is 1. The van der Waals surface area contributed by atoms with Crippen molar-refractivity contribution in [2.24, 2.45) is 0 Å². The Kier molecular flexibility index (Phi) is 3.57. The van der Waals surface area contributed by atoms with Gasteiger partial charge >= 0.3 is 5.97 Å². The van der Waals surface area contributed by atoms with E-state index >= 15 is 0 Å². The van der Waals surface area contributed by atoms with Crippen LogP contribution in [0.4, 0.5) is 0 Å². The number of benzene rings is 1. The van der Waals surface area contributed by atoms with Crippen molar-refractivity contribution in [3.63, 3.8) is 0 Å². The molecule has 1 aromatic carbocycles. The van der Waals surface area contributed by atoms with E-state index in [-0.39, 0.29) is 6.10 Å². The summed E-state index contributed by atoms with van der Waals surface area (Å²) >= 11 is 0. The standard InChI is InChI=1S/C13H16O3/c14-13(15)12(10-6-2-1-3-7-10)16-11-8-4-5-9-11/h1-3,6-7,11-12H,4-5,8-9H2,(H,14,15)/t12-/m1/s1. The van der Waals surface area contributed by atoms with Gasteiger partial charge in [-0.25, -0.2) is 4.79 Å². The number of carboxylic acid groups (broad SMARTS) is 1. The van der Waals surface area contributed by atoms with E-state index in [0.717, 1.165) is 31.2 Å². The van der Waals surface area contributed by atoms with Crippen molar-refractivity contribution in [1.82, 2.24) is 0 Å². The van der Waals surface area contributed by atoms with Gasteiger partial charge in [0, 0.05) is 0 Å². The van der Waals surface area contributed by atoms with Crippen LogP contribution in [-0.4, -0.2) is 17.2 Å². The molecule has 1 aliphatic carbocycles. The topological polar surface area (TPSA) is 46.5 Å². The monoisotopic (exact) mass is 220 g/mol. The van der Waals surface area contributed by atoms with Crippen molar-refractivity contribution in [1.29, 1.82) is 0 Å². The van der Waals surface area contributed by atoms with Crippen LogP contribution in [-0.2, 0) is 9.53 Å². The highest BCUT2D eigenvalue weighted by Crippen LogP contribution is 2.27. The van der Waals surface area contributed by atoms with Crippen LogP contribution in [0.1, 0.15) is 37.4 Å². The highest BCUT2D eigenvalue weighted by Gasteiger charge is 2.26. The van der Waals surface area contributed by atoms with Gasteiger partial charge in [0.15, 0.2) is 6.10 Å². The summed E-state index contributed by atoms with van der Waals surface area (Å²) in [6, 6.07) is 9.14. The number of hydrogen-bond acceptors (Lipinski definition) is 2. The molecule has 1 aliphatic rings. The Morgan fingerprint density at radius 3 is 2.44 bits per heavy atom. The number of aliphatic carboxylic acids is 1. The number of carbonyl (C=O) groups is 1. The van der Waals surface area contributed by atoms with Crippen LogP contribution in [0.15, 0.2) is 30.3 Å². The smallest absolute Gasteiger partial charge is 0.337 e. The maximum Gasteiger partial charge on any atom is 0.337 e. The van der Waals surface area contributed by atoms with Crippen LogP contribution in [0.2, 0.25) is 0 Å². The van der Waals surface area contributed by atoms with E-state index in [4.69, 9.17) is 9.84 Å². The van der Waals surface area contributed by atoms with Gasteiger partial charge in [-0.3, -0.25) is 0 Å². The molecule has 0 aliphatic heterocycles. The Labute approximate surface area is 95.0 Å². The van der Waals surface area contributed by atoms with Crippen LogP contribution in [0, 0.1) is 0 Å². The third-order valence-corrected chi connectivity index (χ3v) is 2.96. The summed E-state index contributed by atoms with van der Waals surface area (Å²) in [5, 5.41) is 9.16. The summed E-state index contributed by atoms with van der Waals surface area (Å²) in [4.78, 5) is 11.2. The van der Waals surface area contributed by atoms with E-state index in [1.54, 1.807) is 12.1 Å². The lowest BCUT2D eigenvalue weighted by molar-refractivity contribution is -0.154. The molecule has 1 N–H and O–H groups in total. The normalized spacial score (nSPS) is 18.5. The van der Waals surface area contributed by atoms with Gasteiger partial charge < -0.3 is 9.84 Å². The summed E-state index contributed by atoms with van der Waals surface area (Å²) in [6.07, 6.45) is 3.55. The van der Waals surface area contributed by atoms with Gasteiger partial charge in [-0.2, -0.15) is 0 Å². The molecule has 1 fully saturated rings. The zero-order chi connectivity index (χ0) is 11.4. The number of rotatable bonds is 4. The van der Waals surface area contributed by atoms with Crippen molar-refractivity contribution in [2.75, 3.05) is 0 Å². The quantitative estimate of drug-likeness (QED) is 0.848. The van der Waals surface area contributed by atoms with Crippen molar-refractivity contribution >= 4 is 5.97 Å². The highest BCUT2D eigenvalue weighted by atomic mass is 16.5. The first-order chi connectivity index (χ1) is 7.77. The van der Waals surface area contributed by atoms with E-state index in [0.29, 0.717) is 0 Å². The van der Waals surface area contributed by atoms with Gasteiger partial charge in [0.05, 0.1) is 6.10 Å². The minimum Gasteiger partial charge on any atom is -0.479 e. The fourth-order valence-electron chi connectivity index (χ4n) is 2.12. The van der Waals surface area contributed by atoms with Crippen LogP contribution in [0.5, 0.6) is 0 Å². The first kappa shape index (κ1) is 11.1. The molecule has 0 radical (unpaired) electrons. The molecule has 1 atom stereocenters.